The summed E-state index contributed by atoms with van der Waals surface area (Å²) in [5.74, 6) is 0. The fraction of sp³-hybridized carbons (Fsp3) is 0. The fourth-order valence-electron chi connectivity index (χ4n) is 3.11. The van der Waals surface area contributed by atoms with E-state index in [1.54, 1.807) is 12.1 Å². The minimum Gasteiger partial charge on any atom is -0.258 e. The molecule has 0 aliphatic carbocycles. The van der Waals surface area contributed by atoms with Crippen LogP contribution < -0.4 is 0 Å². The molecule has 0 amide bonds. The minimum absolute atomic E-state index is 0.112. The molecule has 0 spiro atoms. The smallest absolute Gasteiger partial charge is 0.258 e. The van der Waals surface area contributed by atoms with Gasteiger partial charge in [0.2, 0.25) is 0 Å². The molecular weight excluding hydrogens is 390 g/mol. The van der Waals surface area contributed by atoms with E-state index in [9.17, 15) is 10.1 Å². The van der Waals surface area contributed by atoms with E-state index in [2.05, 4.69) is 15.9 Å². The molecule has 0 saturated heterocycles. The van der Waals surface area contributed by atoms with Crippen LogP contribution in [0.5, 0.6) is 0 Å². The number of halogens is 1. The maximum Gasteiger partial charge on any atom is 0.277 e. The van der Waals surface area contributed by atoms with Crippen LogP contribution in [0.2, 0.25) is 0 Å². The van der Waals surface area contributed by atoms with Crippen LogP contribution >= 0.6 is 15.9 Å². The molecule has 4 heteroatoms. The normalized spacial score (nSPS) is 10.8. The Balaban J connectivity index is 1.90. The summed E-state index contributed by atoms with van der Waals surface area (Å²) in [4.78, 5) is 11.2. The third kappa shape index (κ3) is 3.11. The van der Waals surface area contributed by atoms with E-state index in [1.807, 2.05) is 72.8 Å². The van der Waals surface area contributed by atoms with Crippen molar-refractivity contribution in [3.8, 4) is 22.3 Å². The number of nitro groups is 1. The SMILES string of the molecule is O=[N+]([O-])c1ccc(-c2ccc(Br)cc2)cc1-c1ccc2ccccc2c1. The van der Waals surface area contributed by atoms with Gasteiger partial charge < -0.3 is 0 Å². The van der Waals surface area contributed by atoms with Gasteiger partial charge in [-0.25, -0.2) is 0 Å². The zero-order valence-corrected chi connectivity index (χ0v) is 15.3. The first kappa shape index (κ1) is 16.5. The molecule has 4 aromatic rings. The van der Waals surface area contributed by atoms with E-state index in [4.69, 9.17) is 0 Å². The predicted molar refractivity (Wildman–Crippen MR) is 109 cm³/mol. The molecule has 0 atom stereocenters. The highest BCUT2D eigenvalue weighted by molar-refractivity contribution is 9.10. The van der Waals surface area contributed by atoms with Crippen LogP contribution in [0.4, 0.5) is 5.69 Å². The van der Waals surface area contributed by atoms with Crippen molar-refractivity contribution in [1.29, 1.82) is 0 Å². The Morgan fingerprint density at radius 1 is 0.692 bits per heavy atom. The number of benzene rings is 4. The lowest BCUT2D eigenvalue weighted by Crippen LogP contribution is -1.93. The number of rotatable bonds is 3. The molecule has 0 saturated carbocycles. The van der Waals surface area contributed by atoms with Crippen molar-refractivity contribution < 1.29 is 4.92 Å². The second-order valence-electron chi connectivity index (χ2n) is 6.06. The number of nitrogens with zero attached hydrogens (tertiary/aromatic N) is 1. The summed E-state index contributed by atoms with van der Waals surface area (Å²) in [5, 5.41) is 13.7. The Morgan fingerprint density at radius 2 is 1.35 bits per heavy atom. The van der Waals surface area contributed by atoms with Crippen molar-refractivity contribution in [1.82, 2.24) is 0 Å². The molecule has 0 aliphatic heterocycles. The first-order chi connectivity index (χ1) is 12.6. The first-order valence-electron chi connectivity index (χ1n) is 8.15. The van der Waals surface area contributed by atoms with Crippen LogP contribution in [0.15, 0.2) is 89.4 Å². The minimum atomic E-state index is -0.324. The van der Waals surface area contributed by atoms with E-state index in [-0.39, 0.29) is 10.6 Å². The fourth-order valence-corrected chi connectivity index (χ4v) is 3.37. The maximum atomic E-state index is 11.6. The van der Waals surface area contributed by atoms with Crippen LogP contribution in [0.1, 0.15) is 0 Å². The Labute approximate surface area is 159 Å². The van der Waals surface area contributed by atoms with Gasteiger partial charge in [0.15, 0.2) is 0 Å². The van der Waals surface area contributed by atoms with Crippen LogP contribution in [-0.2, 0) is 0 Å². The molecule has 0 aliphatic rings. The molecule has 0 N–H and O–H groups in total. The van der Waals surface area contributed by atoms with Crippen molar-refractivity contribution in [3.63, 3.8) is 0 Å². The van der Waals surface area contributed by atoms with Crippen molar-refractivity contribution in [3.05, 3.63) is 99.5 Å². The van der Waals surface area contributed by atoms with Gasteiger partial charge in [-0.1, -0.05) is 64.5 Å². The van der Waals surface area contributed by atoms with Gasteiger partial charge in [-0.3, -0.25) is 10.1 Å². The van der Waals surface area contributed by atoms with Crippen LogP contribution in [-0.4, -0.2) is 4.92 Å². The predicted octanol–water partition coefficient (Wildman–Crippen LogP) is 6.84. The number of hydrogen-bond donors (Lipinski definition) is 0. The van der Waals surface area contributed by atoms with E-state index in [0.717, 1.165) is 31.9 Å². The first-order valence-corrected chi connectivity index (χ1v) is 8.95. The van der Waals surface area contributed by atoms with Gasteiger partial charge in [0.1, 0.15) is 0 Å². The Hall–Kier alpha value is -2.98. The number of fused-ring (bicyclic) bond motifs is 1. The maximum absolute atomic E-state index is 11.6. The topological polar surface area (TPSA) is 43.1 Å². The largest absolute Gasteiger partial charge is 0.277 e. The van der Waals surface area contributed by atoms with Crippen molar-refractivity contribution in [2.75, 3.05) is 0 Å². The highest BCUT2D eigenvalue weighted by atomic mass is 79.9. The summed E-state index contributed by atoms with van der Waals surface area (Å²) in [6, 6.07) is 27.1. The van der Waals surface area contributed by atoms with Gasteiger partial charge in [-0.2, -0.15) is 0 Å². The third-order valence-electron chi connectivity index (χ3n) is 4.43. The van der Waals surface area contributed by atoms with Crippen molar-refractivity contribution >= 4 is 32.4 Å². The van der Waals surface area contributed by atoms with Gasteiger partial charge >= 0.3 is 0 Å². The lowest BCUT2D eigenvalue weighted by Gasteiger charge is -2.09. The summed E-state index contributed by atoms with van der Waals surface area (Å²) >= 11 is 3.43. The van der Waals surface area contributed by atoms with E-state index in [1.165, 1.54) is 0 Å². The van der Waals surface area contributed by atoms with Gasteiger partial charge in [-0.15, -0.1) is 0 Å². The summed E-state index contributed by atoms with van der Waals surface area (Å²) in [7, 11) is 0. The second-order valence-corrected chi connectivity index (χ2v) is 6.97. The van der Waals surface area contributed by atoms with Crippen LogP contribution in [0.3, 0.4) is 0 Å². The monoisotopic (exact) mass is 403 g/mol. The Kier molecular flexibility index (Phi) is 4.27. The average Bonchev–Trinajstić information content (AvgIpc) is 2.67. The zero-order chi connectivity index (χ0) is 18.1. The second kappa shape index (κ2) is 6.73. The quantitative estimate of drug-likeness (QED) is 0.277. The zero-order valence-electron chi connectivity index (χ0n) is 13.7. The van der Waals surface area contributed by atoms with E-state index in [0.29, 0.717) is 5.56 Å². The van der Waals surface area contributed by atoms with E-state index < -0.39 is 0 Å². The summed E-state index contributed by atoms with van der Waals surface area (Å²) in [6.07, 6.45) is 0. The number of nitro benzene ring substituents is 1. The molecule has 3 nitrogen and oxygen atoms in total. The van der Waals surface area contributed by atoms with Gasteiger partial charge in [0.25, 0.3) is 5.69 Å². The highest BCUT2D eigenvalue weighted by Gasteiger charge is 2.16. The number of hydrogen-bond acceptors (Lipinski definition) is 2. The van der Waals surface area contributed by atoms with Crippen molar-refractivity contribution in [2.45, 2.75) is 0 Å². The lowest BCUT2D eigenvalue weighted by molar-refractivity contribution is -0.384. The molecule has 0 unspecified atom stereocenters. The summed E-state index contributed by atoms with van der Waals surface area (Å²) in [6.45, 7) is 0. The Morgan fingerprint density at radius 3 is 2.08 bits per heavy atom. The van der Waals surface area contributed by atoms with Crippen LogP contribution in [0.25, 0.3) is 33.0 Å². The molecule has 126 valence electrons. The van der Waals surface area contributed by atoms with Crippen molar-refractivity contribution in [2.24, 2.45) is 0 Å². The van der Waals surface area contributed by atoms with Crippen LogP contribution in [0, 0.1) is 10.1 Å². The van der Waals surface area contributed by atoms with Gasteiger partial charge in [0.05, 0.1) is 10.5 Å². The molecule has 26 heavy (non-hydrogen) atoms. The summed E-state index contributed by atoms with van der Waals surface area (Å²) in [5.41, 5.74) is 3.55. The molecule has 4 rings (SSSR count). The average molecular weight is 404 g/mol. The Bertz CT molecular complexity index is 1120. The molecule has 0 aromatic heterocycles. The van der Waals surface area contributed by atoms with E-state index >= 15 is 0 Å². The molecule has 4 aromatic carbocycles. The molecule has 0 fully saturated rings. The van der Waals surface area contributed by atoms with Gasteiger partial charge in [-0.05, 0) is 57.8 Å². The van der Waals surface area contributed by atoms with Gasteiger partial charge in [0, 0.05) is 10.5 Å². The molecule has 0 heterocycles. The standard InChI is InChI=1S/C22H14BrNO2/c23-20-10-7-16(8-11-20)18-9-12-22(24(25)26)21(14-18)19-6-5-15-3-1-2-4-17(15)13-19/h1-14H. The highest BCUT2D eigenvalue weighted by Crippen LogP contribution is 2.35. The molecule has 0 radical (unpaired) electrons. The lowest BCUT2D eigenvalue weighted by atomic mass is 9.96. The molecule has 0 bridgehead atoms. The molecular formula is C22H14BrNO2. The third-order valence-corrected chi connectivity index (χ3v) is 4.96. The summed E-state index contributed by atoms with van der Waals surface area (Å²) < 4.78 is 0.998.